The third-order valence-corrected chi connectivity index (χ3v) is 6.98. The lowest BCUT2D eigenvalue weighted by Gasteiger charge is -2.38. The summed E-state index contributed by atoms with van der Waals surface area (Å²) in [7, 11) is 0. The summed E-state index contributed by atoms with van der Waals surface area (Å²) in [5, 5.41) is 11.6. The largest absolute Gasteiger partial charge is 0.339 e. The molecule has 0 radical (unpaired) electrons. The van der Waals surface area contributed by atoms with Crippen LogP contribution in [0, 0.1) is 11.3 Å². The van der Waals surface area contributed by atoms with Crippen LogP contribution in [-0.4, -0.2) is 42.5 Å². The molecule has 2 N–H and O–H groups in total. The first-order chi connectivity index (χ1) is 14.5. The van der Waals surface area contributed by atoms with Crippen LogP contribution in [-0.2, 0) is 6.54 Å². The summed E-state index contributed by atoms with van der Waals surface area (Å²) < 4.78 is 5.82. The molecule has 156 valence electrons. The molecule has 30 heavy (non-hydrogen) atoms. The summed E-state index contributed by atoms with van der Waals surface area (Å²) in [5.74, 6) is 1.63. The van der Waals surface area contributed by atoms with Gasteiger partial charge >= 0.3 is 0 Å². The van der Waals surface area contributed by atoms with Gasteiger partial charge in [0.25, 0.3) is 0 Å². The summed E-state index contributed by atoms with van der Waals surface area (Å²) in [6.07, 6.45) is 6.14. The first-order valence-electron chi connectivity index (χ1n) is 10.5. The zero-order chi connectivity index (χ0) is 20.7. The minimum atomic E-state index is 0.403. The van der Waals surface area contributed by atoms with Crippen LogP contribution in [0.25, 0.3) is 21.3 Å². The topological polar surface area (TPSA) is 82.6 Å². The van der Waals surface area contributed by atoms with E-state index in [-0.39, 0.29) is 0 Å². The van der Waals surface area contributed by atoms with E-state index >= 15 is 0 Å². The van der Waals surface area contributed by atoms with Crippen LogP contribution in [0.15, 0.2) is 30.6 Å². The highest BCUT2D eigenvalue weighted by Gasteiger charge is 2.29. The Balaban J connectivity index is 1.30. The van der Waals surface area contributed by atoms with Crippen molar-refractivity contribution in [1.29, 1.82) is 0 Å². The van der Waals surface area contributed by atoms with Crippen molar-refractivity contribution in [1.82, 2.24) is 29.4 Å². The fraction of sp³-hybridized carbons (Fsp3) is 0.455. The molecule has 0 spiro atoms. The molecule has 0 bridgehead atoms. The molecule has 0 atom stereocenters. The molecule has 1 aliphatic heterocycles. The normalized spacial score (nSPS) is 16.5. The smallest absolute Gasteiger partial charge is 0.183 e. The van der Waals surface area contributed by atoms with Gasteiger partial charge < -0.3 is 5.32 Å². The molecule has 8 heteroatoms. The Morgan fingerprint density at radius 3 is 2.87 bits per heavy atom. The molecule has 5 rings (SSSR count). The van der Waals surface area contributed by atoms with Crippen molar-refractivity contribution >= 4 is 44.3 Å². The van der Waals surface area contributed by atoms with E-state index in [1.54, 1.807) is 6.20 Å². The third kappa shape index (κ3) is 3.77. The molecule has 0 aliphatic carbocycles. The van der Waals surface area contributed by atoms with E-state index in [9.17, 15) is 0 Å². The maximum atomic E-state index is 4.73. The van der Waals surface area contributed by atoms with Crippen LogP contribution in [0.2, 0.25) is 0 Å². The van der Waals surface area contributed by atoms with Crippen molar-refractivity contribution in [3.8, 4) is 0 Å². The predicted octanol–water partition coefficient (Wildman–Crippen LogP) is 4.96. The minimum Gasteiger partial charge on any atom is -0.339 e. The molecular formula is C22H27N7S. The van der Waals surface area contributed by atoms with Gasteiger partial charge in [-0.1, -0.05) is 20.8 Å². The molecule has 1 aliphatic rings. The molecule has 1 saturated heterocycles. The van der Waals surface area contributed by atoms with Crippen LogP contribution < -0.4 is 5.32 Å². The van der Waals surface area contributed by atoms with Crippen LogP contribution in [0.3, 0.4) is 0 Å². The number of aromatic nitrogens is 5. The number of H-pyrrole nitrogens is 1. The number of anilines is 2. The van der Waals surface area contributed by atoms with Gasteiger partial charge in [0.05, 0.1) is 27.7 Å². The second-order valence-electron chi connectivity index (χ2n) is 9.21. The Kier molecular flexibility index (Phi) is 4.91. The maximum absolute atomic E-state index is 4.73. The Bertz CT molecular complexity index is 1170. The quantitative estimate of drug-likeness (QED) is 0.484. The van der Waals surface area contributed by atoms with Gasteiger partial charge in [-0.15, -0.1) is 0 Å². The lowest BCUT2D eigenvalue weighted by atomic mass is 9.75. The lowest BCUT2D eigenvalue weighted by molar-refractivity contribution is 0.107. The van der Waals surface area contributed by atoms with Gasteiger partial charge in [0, 0.05) is 12.7 Å². The lowest BCUT2D eigenvalue weighted by Crippen LogP contribution is -2.37. The van der Waals surface area contributed by atoms with Gasteiger partial charge in [-0.2, -0.15) is 9.47 Å². The van der Waals surface area contributed by atoms with Gasteiger partial charge in [-0.25, -0.2) is 4.98 Å². The Labute approximate surface area is 180 Å². The van der Waals surface area contributed by atoms with Crippen molar-refractivity contribution in [2.75, 3.05) is 18.4 Å². The van der Waals surface area contributed by atoms with E-state index in [1.165, 1.54) is 24.4 Å². The molecule has 0 amide bonds. The maximum Gasteiger partial charge on any atom is 0.183 e. The first-order valence-corrected chi connectivity index (χ1v) is 11.3. The number of fused-ring (bicyclic) bond motifs is 2. The number of nitrogens with one attached hydrogen (secondary N) is 2. The summed E-state index contributed by atoms with van der Waals surface area (Å²) in [4.78, 5) is 11.5. The minimum absolute atomic E-state index is 0.403. The second kappa shape index (κ2) is 7.59. The summed E-state index contributed by atoms with van der Waals surface area (Å²) in [6.45, 7) is 10.2. The Morgan fingerprint density at radius 1 is 1.23 bits per heavy atom. The zero-order valence-corrected chi connectivity index (χ0v) is 18.5. The van der Waals surface area contributed by atoms with E-state index in [1.807, 2.05) is 18.3 Å². The van der Waals surface area contributed by atoms with Crippen molar-refractivity contribution in [2.45, 2.75) is 40.2 Å². The third-order valence-electron chi connectivity index (χ3n) is 6.16. The van der Waals surface area contributed by atoms with E-state index in [0.717, 1.165) is 58.4 Å². The molecule has 4 aromatic heterocycles. The summed E-state index contributed by atoms with van der Waals surface area (Å²) >= 11 is 1.52. The first kappa shape index (κ1) is 19.4. The number of rotatable bonds is 4. The summed E-state index contributed by atoms with van der Waals surface area (Å²) in [5.41, 5.74) is 4.12. The number of aromatic amines is 1. The number of nitrogens with zero attached hydrogens (tertiary/aromatic N) is 5. The van der Waals surface area contributed by atoms with Gasteiger partial charge in [-0.3, -0.25) is 15.0 Å². The highest BCUT2D eigenvalue weighted by Crippen LogP contribution is 2.35. The number of hydrogen-bond acceptors (Lipinski definition) is 7. The number of pyridine rings is 2. The van der Waals surface area contributed by atoms with Crippen molar-refractivity contribution in [2.24, 2.45) is 11.3 Å². The Hall–Kier alpha value is -2.58. The van der Waals surface area contributed by atoms with E-state index in [2.05, 4.69) is 52.2 Å². The van der Waals surface area contributed by atoms with E-state index in [0.29, 0.717) is 11.1 Å². The Morgan fingerprint density at radius 2 is 2.07 bits per heavy atom. The average molecular weight is 422 g/mol. The SMILES string of the molecule is CC(C)(C)C1CCN(Cc2nsc3cc(Nc4[nH]nc5ncccc45)cnc23)CC1. The van der Waals surface area contributed by atoms with E-state index < -0.39 is 0 Å². The fourth-order valence-electron chi connectivity index (χ4n) is 4.31. The zero-order valence-electron chi connectivity index (χ0n) is 17.6. The van der Waals surface area contributed by atoms with Gasteiger partial charge in [0.1, 0.15) is 11.3 Å². The number of hydrogen-bond donors (Lipinski definition) is 2. The van der Waals surface area contributed by atoms with Crippen LogP contribution in [0.5, 0.6) is 0 Å². The number of piperidine rings is 1. The van der Waals surface area contributed by atoms with Crippen LogP contribution in [0.4, 0.5) is 11.5 Å². The summed E-state index contributed by atoms with van der Waals surface area (Å²) in [6, 6.07) is 6.01. The van der Waals surface area contributed by atoms with Crippen molar-refractivity contribution in [3.63, 3.8) is 0 Å². The van der Waals surface area contributed by atoms with E-state index in [4.69, 9.17) is 9.36 Å². The average Bonchev–Trinajstić information content (AvgIpc) is 3.32. The molecule has 5 heterocycles. The monoisotopic (exact) mass is 421 g/mol. The highest BCUT2D eigenvalue weighted by molar-refractivity contribution is 7.13. The highest BCUT2D eigenvalue weighted by atomic mass is 32.1. The standard InChI is InChI=1S/C22H27N7S/c1-22(2,3)14-6-9-29(10-7-14)13-17-19-18(30-28-17)11-15(12-24-19)25-21-16-5-4-8-23-20(16)26-27-21/h4-5,8,11-12,14H,6-7,9-10,13H2,1-3H3,(H2,23,25,26,27). The second-order valence-corrected chi connectivity index (χ2v) is 10.0. The predicted molar refractivity (Wildman–Crippen MR) is 122 cm³/mol. The van der Waals surface area contributed by atoms with Crippen molar-refractivity contribution in [3.05, 3.63) is 36.3 Å². The molecule has 1 fully saturated rings. The molecular weight excluding hydrogens is 394 g/mol. The number of likely N-dealkylation sites (tertiary alicyclic amines) is 1. The van der Waals surface area contributed by atoms with Crippen molar-refractivity contribution < 1.29 is 0 Å². The molecule has 0 saturated carbocycles. The van der Waals surface area contributed by atoms with Crippen LogP contribution in [0.1, 0.15) is 39.3 Å². The molecule has 0 unspecified atom stereocenters. The van der Waals surface area contributed by atoms with Gasteiger partial charge in [0.2, 0.25) is 0 Å². The molecule has 7 nitrogen and oxygen atoms in total. The fourth-order valence-corrected chi connectivity index (χ4v) is 5.10. The van der Waals surface area contributed by atoms with Gasteiger partial charge in [-0.05, 0) is 67.0 Å². The van der Waals surface area contributed by atoms with Gasteiger partial charge in [0.15, 0.2) is 5.65 Å². The van der Waals surface area contributed by atoms with Crippen LogP contribution >= 0.6 is 11.5 Å². The molecule has 4 aromatic rings. The molecule has 0 aromatic carbocycles.